The molecular formula is C12H10BrFOS. The molecule has 0 N–H and O–H groups in total. The van der Waals surface area contributed by atoms with E-state index in [0.717, 1.165) is 10.9 Å². The van der Waals surface area contributed by atoms with Crippen LogP contribution in [0.25, 0.3) is 0 Å². The van der Waals surface area contributed by atoms with E-state index in [9.17, 15) is 4.39 Å². The van der Waals surface area contributed by atoms with Crippen molar-refractivity contribution in [2.75, 3.05) is 6.61 Å². The second-order valence-corrected chi connectivity index (χ2v) is 5.14. The van der Waals surface area contributed by atoms with Gasteiger partial charge in [-0.25, -0.2) is 4.39 Å². The molecular weight excluding hydrogens is 291 g/mol. The summed E-state index contributed by atoms with van der Waals surface area (Å²) in [5.41, 5.74) is 0. The molecule has 1 aromatic heterocycles. The van der Waals surface area contributed by atoms with Gasteiger partial charge in [0, 0.05) is 17.4 Å². The van der Waals surface area contributed by atoms with E-state index in [1.807, 2.05) is 11.4 Å². The summed E-state index contributed by atoms with van der Waals surface area (Å²) in [5.74, 6) is 0.269. The third-order valence-corrected chi connectivity index (χ3v) is 3.67. The van der Waals surface area contributed by atoms with Gasteiger partial charge in [0.15, 0.2) is 0 Å². The van der Waals surface area contributed by atoms with Crippen molar-refractivity contribution in [2.45, 2.75) is 6.42 Å². The Labute approximate surface area is 106 Å². The Hall–Kier alpha value is -0.870. The smallest absolute Gasteiger partial charge is 0.136 e. The van der Waals surface area contributed by atoms with E-state index in [2.05, 4.69) is 22.0 Å². The second kappa shape index (κ2) is 5.46. The Balaban J connectivity index is 1.92. The quantitative estimate of drug-likeness (QED) is 0.819. The van der Waals surface area contributed by atoms with Crippen LogP contribution in [0.15, 0.2) is 40.2 Å². The zero-order valence-electron chi connectivity index (χ0n) is 8.45. The van der Waals surface area contributed by atoms with Gasteiger partial charge in [0.05, 0.1) is 11.1 Å². The first-order valence-electron chi connectivity index (χ1n) is 4.86. The molecule has 2 rings (SSSR count). The molecule has 0 saturated heterocycles. The predicted molar refractivity (Wildman–Crippen MR) is 67.6 cm³/mol. The molecule has 4 heteroatoms. The van der Waals surface area contributed by atoms with Crippen LogP contribution in [0.5, 0.6) is 5.75 Å². The number of ether oxygens (including phenoxy) is 1. The zero-order valence-corrected chi connectivity index (χ0v) is 10.9. The lowest BCUT2D eigenvalue weighted by Crippen LogP contribution is -2.00. The van der Waals surface area contributed by atoms with Crippen LogP contribution in [0.1, 0.15) is 4.88 Å². The summed E-state index contributed by atoms with van der Waals surface area (Å²) >= 11 is 5.02. The number of benzene rings is 1. The standard InChI is InChI=1S/C12H10BrFOS/c13-11-4-3-9(14)8-12(11)15-6-5-10-2-1-7-16-10/h1-4,7-8H,5-6H2. The molecule has 0 fully saturated rings. The van der Waals surface area contributed by atoms with Crippen molar-refractivity contribution < 1.29 is 9.13 Å². The Bertz CT molecular complexity index is 456. The molecule has 0 aliphatic heterocycles. The van der Waals surface area contributed by atoms with Gasteiger partial charge in [0.1, 0.15) is 11.6 Å². The minimum absolute atomic E-state index is 0.283. The van der Waals surface area contributed by atoms with Gasteiger partial charge < -0.3 is 4.74 Å². The molecule has 2 aromatic rings. The predicted octanol–water partition coefficient (Wildman–Crippen LogP) is 4.27. The Morgan fingerprint density at radius 2 is 2.19 bits per heavy atom. The van der Waals surface area contributed by atoms with Crippen LogP contribution in [0.3, 0.4) is 0 Å². The molecule has 0 radical (unpaired) electrons. The fourth-order valence-electron chi connectivity index (χ4n) is 1.30. The Morgan fingerprint density at radius 3 is 2.94 bits per heavy atom. The largest absolute Gasteiger partial charge is 0.492 e. The molecule has 0 saturated carbocycles. The van der Waals surface area contributed by atoms with E-state index in [-0.39, 0.29) is 5.82 Å². The third-order valence-electron chi connectivity index (χ3n) is 2.08. The SMILES string of the molecule is Fc1ccc(Br)c(OCCc2cccs2)c1. The van der Waals surface area contributed by atoms with Crippen LogP contribution in [0.2, 0.25) is 0 Å². The first-order valence-corrected chi connectivity index (χ1v) is 6.53. The lowest BCUT2D eigenvalue weighted by molar-refractivity contribution is 0.319. The van der Waals surface area contributed by atoms with Gasteiger partial charge in [0.2, 0.25) is 0 Å². The summed E-state index contributed by atoms with van der Waals surface area (Å²) in [7, 11) is 0. The van der Waals surface area contributed by atoms with E-state index in [0.29, 0.717) is 12.4 Å². The minimum atomic E-state index is -0.283. The zero-order chi connectivity index (χ0) is 11.4. The van der Waals surface area contributed by atoms with E-state index >= 15 is 0 Å². The second-order valence-electron chi connectivity index (χ2n) is 3.25. The summed E-state index contributed by atoms with van der Waals surface area (Å²) < 4.78 is 19.2. The molecule has 1 heterocycles. The van der Waals surface area contributed by atoms with Crippen LogP contribution in [-0.4, -0.2) is 6.61 Å². The van der Waals surface area contributed by atoms with Crippen molar-refractivity contribution in [3.05, 3.63) is 50.9 Å². The van der Waals surface area contributed by atoms with Crippen molar-refractivity contribution in [3.63, 3.8) is 0 Å². The number of hydrogen-bond acceptors (Lipinski definition) is 2. The maximum absolute atomic E-state index is 12.9. The van der Waals surface area contributed by atoms with Gasteiger partial charge in [-0.15, -0.1) is 11.3 Å². The first-order chi connectivity index (χ1) is 7.75. The molecule has 0 atom stereocenters. The normalized spacial score (nSPS) is 10.4. The summed E-state index contributed by atoms with van der Waals surface area (Å²) in [6, 6.07) is 8.51. The van der Waals surface area contributed by atoms with E-state index < -0.39 is 0 Å². The van der Waals surface area contributed by atoms with Crippen LogP contribution in [0.4, 0.5) is 4.39 Å². The van der Waals surface area contributed by atoms with Gasteiger partial charge in [-0.2, -0.15) is 0 Å². The molecule has 0 spiro atoms. The number of halogens is 2. The highest BCUT2D eigenvalue weighted by Gasteiger charge is 2.03. The van der Waals surface area contributed by atoms with E-state index in [4.69, 9.17) is 4.74 Å². The molecule has 0 bridgehead atoms. The van der Waals surface area contributed by atoms with Gasteiger partial charge >= 0.3 is 0 Å². The maximum Gasteiger partial charge on any atom is 0.136 e. The van der Waals surface area contributed by atoms with Crippen LogP contribution in [-0.2, 0) is 6.42 Å². The molecule has 1 nitrogen and oxygen atoms in total. The fraction of sp³-hybridized carbons (Fsp3) is 0.167. The van der Waals surface area contributed by atoms with Gasteiger partial charge in [-0.3, -0.25) is 0 Å². The van der Waals surface area contributed by atoms with Crippen molar-refractivity contribution in [1.29, 1.82) is 0 Å². The first kappa shape index (κ1) is 11.6. The van der Waals surface area contributed by atoms with Crippen LogP contribution >= 0.6 is 27.3 Å². The van der Waals surface area contributed by atoms with Crippen molar-refractivity contribution >= 4 is 27.3 Å². The van der Waals surface area contributed by atoms with Crippen molar-refractivity contribution in [1.82, 2.24) is 0 Å². The summed E-state index contributed by atoms with van der Waals surface area (Å²) in [6.07, 6.45) is 0.848. The fourth-order valence-corrected chi connectivity index (χ4v) is 2.36. The molecule has 0 unspecified atom stereocenters. The van der Waals surface area contributed by atoms with E-state index in [1.54, 1.807) is 17.4 Å². The van der Waals surface area contributed by atoms with Gasteiger partial charge in [-0.1, -0.05) is 6.07 Å². The maximum atomic E-state index is 12.9. The third kappa shape index (κ3) is 3.06. The number of hydrogen-bond donors (Lipinski definition) is 0. The summed E-state index contributed by atoms with van der Waals surface area (Å²) in [5, 5.41) is 2.04. The highest BCUT2D eigenvalue weighted by atomic mass is 79.9. The van der Waals surface area contributed by atoms with E-state index in [1.165, 1.54) is 17.0 Å². The summed E-state index contributed by atoms with van der Waals surface area (Å²) in [4.78, 5) is 1.27. The number of thiophene rings is 1. The highest BCUT2D eigenvalue weighted by molar-refractivity contribution is 9.10. The van der Waals surface area contributed by atoms with Crippen LogP contribution < -0.4 is 4.74 Å². The molecule has 0 aliphatic rings. The number of rotatable bonds is 4. The molecule has 1 aromatic carbocycles. The van der Waals surface area contributed by atoms with Crippen molar-refractivity contribution in [2.24, 2.45) is 0 Å². The van der Waals surface area contributed by atoms with Gasteiger partial charge in [0.25, 0.3) is 0 Å². The average Bonchev–Trinajstić information content (AvgIpc) is 2.76. The highest BCUT2D eigenvalue weighted by Crippen LogP contribution is 2.25. The average molecular weight is 301 g/mol. The summed E-state index contributed by atoms with van der Waals surface area (Å²) in [6.45, 7) is 0.558. The topological polar surface area (TPSA) is 9.23 Å². The molecule has 0 amide bonds. The lowest BCUT2D eigenvalue weighted by atomic mass is 10.3. The van der Waals surface area contributed by atoms with Crippen LogP contribution in [0, 0.1) is 5.82 Å². The van der Waals surface area contributed by atoms with Crippen molar-refractivity contribution in [3.8, 4) is 5.75 Å². The molecule has 0 aliphatic carbocycles. The Morgan fingerprint density at radius 1 is 1.31 bits per heavy atom. The molecule has 84 valence electrons. The monoisotopic (exact) mass is 300 g/mol. The minimum Gasteiger partial charge on any atom is -0.492 e. The Kier molecular flexibility index (Phi) is 3.96. The lowest BCUT2D eigenvalue weighted by Gasteiger charge is -2.07. The van der Waals surface area contributed by atoms with Gasteiger partial charge in [-0.05, 0) is 39.5 Å². The molecule has 16 heavy (non-hydrogen) atoms.